The van der Waals surface area contributed by atoms with Gasteiger partial charge in [-0.05, 0) is 69.2 Å². The Morgan fingerprint density at radius 1 is 1.15 bits per heavy atom. The number of rotatable bonds is 11. The summed E-state index contributed by atoms with van der Waals surface area (Å²) in [5.41, 5.74) is 1.28. The maximum atomic E-state index is 12.7. The molecule has 2 atom stereocenters. The maximum absolute atomic E-state index is 12.7. The van der Waals surface area contributed by atoms with Crippen LogP contribution in [0.15, 0.2) is 59.1 Å². The number of ether oxygens (including phenoxy) is 2. The van der Waals surface area contributed by atoms with Gasteiger partial charge in [0.15, 0.2) is 11.9 Å². The standard InChI is InChI=1S/C24H26BrNO7/c1-3-32-21(6-4-5-7-22(29)30)23(19-14-17(25)10-13-20(19)28)33-24(31)26-18-11-8-16(9-12-18)15(2)27/h5,7-14,21,23,28H,3-4,6H2,1-2H3,(H,26,31)(H,29,30)/b7-5+/t21-,23-/m1/s1. The van der Waals surface area contributed by atoms with Crippen molar-refractivity contribution in [3.8, 4) is 5.75 Å². The van der Waals surface area contributed by atoms with Gasteiger partial charge in [0.2, 0.25) is 0 Å². The number of Topliss-reactive ketones (excluding diaryl/α,β-unsaturated/α-hetero) is 1. The van der Waals surface area contributed by atoms with Crippen LogP contribution in [0.1, 0.15) is 48.7 Å². The van der Waals surface area contributed by atoms with Crippen LogP contribution in [0.25, 0.3) is 0 Å². The van der Waals surface area contributed by atoms with Gasteiger partial charge in [0.25, 0.3) is 0 Å². The van der Waals surface area contributed by atoms with E-state index >= 15 is 0 Å². The topological polar surface area (TPSA) is 122 Å². The molecule has 1 amide bonds. The molecule has 0 heterocycles. The summed E-state index contributed by atoms with van der Waals surface area (Å²) in [5.74, 6) is -1.23. The number of hydrogen-bond acceptors (Lipinski definition) is 6. The third-order valence-corrected chi connectivity index (χ3v) is 5.16. The van der Waals surface area contributed by atoms with Crippen LogP contribution in [0.3, 0.4) is 0 Å². The highest BCUT2D eigenvalue weighted by molar-refractivity contribution is 9.10. The number of phenols is 1. The first kappa shape index (κ1) is 26.1. The van der Waals surface area contributed by atoms with E-state index in [-0.39, 0.29) is 11.5 Å². The predicted molar refractivity (Wildman–Crippen MR) is 127 cm³/mol. The zero-order chi connectivity index (χ0) is 24.4. The third-order valence-electron chi connectivity index (χ3n) is 4.66. The van der Waals surface area contributed by atoms with Gasteiger partial charge in [0.05, 0.1) is 6.10 Å². The lowest BCUT2D eigenvalue weighted by molar-refractivity contribution is -0.131. The maximum Gasteiger partial charge on any atom is 0.412 e. The second-order valence-corrected chi connectivity index (χ2v) is 8.02. The highest BCUT2D eigenvalue weighted by atomic mass is 79.9. The van der Waals surface area contributed by atoms with Gasteiger partial charge in [0.1, 0.15) is 5.75 Å². The molecule has 8 nitrogen and oxygen atoms in total. The SMILES string of the molecule is CCO[C@H](CC/C=C/C(=O)O)[C@H](OC(=O)Nc1ccc(C(C)=O)cc1)c1cc(Br)ccc1O. The minimum absolute atomic E-state index is 0.0763. The summed E-state index contributed by atoms with van der Waals surface area (Å²) in [5, 5.41) is 21.8. The molecule has 0 aliphatic carbocycles. The van der Waals surface area contributed by atoms with Crippen LogP contribution in [0.4, 0.5) is 10.5 Å². The summed E-state index contributed by atoms with van der Waals surface area (Å²) < 4.78 is 12.2. The van der Waals surface area contributed by atoms with Crippen LogP contribution in [-0.2, 0) is 14.3 Å². The molecule has 3 N–H and O–H groups in total. The summed E-state index contributed by atoms with van der Waals surface area (Å²) in [6, 6.07) is 11.1. The number of phenolic OH excluding ortho intramolecular Hbond substituents is 1. The van der Waals surface area contributed by atoms with Gasteiger partial charge in [-0.1, -0.05) is 22.0 Å². The molecule has 2 rings (SSSR count). The molecule has 0 fully saturated rings. The number of ketones is 1. The van der Waals surface area contributed by atoms with E-state index in [1.54, 1.807) is 43.3 Å². The Morgan fingerprint density at radius 2 is 1.85 bits per heavy atom. The molecule has 0 aliphatic heterocycles. The molecule has 176 valence electrons. The summed E-state index contributed by atoms with van der Waals surface area (Å²) in [6.07, 6.45) is 0.821. The van der Waals surface area contributed by atoms with Gasteiger partial charge in [-0.2, -0.15) is 0 Å². The van der Waals surface area contributed by atoms with Crippen molar-refractivity contribution in [3.63, 3.8) is 0 Å². The number of carbonyl (C=O) groups is 3. The molecule has 0 bridgehead atoms. The van der Waals surface area contributed by atoms with Gasteiger partial charge in [-0.15, -0.1) is 0 Å². The van der Waals surface area contributed by atoms with Crippen LogP contribution in [-0.4, -0.2) is 40.8 Å². The molecule has 0 saturated carbocycles. The van der Waals surface area contributed by atoms with Gasteiger partial charge < -0.3 is 19.7 Å². The number of anilines is 1. The van der Waals surface area contributed by atoms with Gasteiger partial charge in [0, 0.05) is 34.0 Å². The zero-order valence-corrected chi connectivity index (χ0v) is 19.9. The molecular formula is C24H26BrNO7. The van der Waals surface area contributed by atoms with E-state index in [1.807, 2.05) is 0 Å². The number of carboxylic acid groups (broad SMARTS) is 1. The number of halogens is 1. The summed E-state index contributed by atoms with van der Waals surface area (Å²) in [6.45, 7) is 3.55. The van der Waals surface area contributed by atoms with Crippen LogP contribution in [0.5, 0.6) is 5.75 Å². The van der Waals surface area contributed by atoms with E-state index in [0.717, 1.165) is 6.08 Å². The van der Waals surface area contributed by atoms with E-state index in [9.17, 15) is 19.5 Å². The van der Waals surface area contributed by atoms with Gasteiger partial charge in [-0.25, -0.2) is 9.59 Å². The fourth-order valence-electron chi connectivity index (χ4n) is 3.12. The van der Waals surface area contributed by atoms with Crippen LogP contribution in [0.2, 0.25) is 0 Å². The lowest BCUT2D eigenvalue weighted by atomic mass is 9.99. The molecule has 0 aliphatic rings. The second kappa shape index (κ2) is 12.8. The number of aliphatic carboxylic acids is 1. The largest absolute Gasteiger partial charge is 0.508 e. The smallest absolute Gasteiger partial charge is 0.412 e. The monoisotopic (exact) mass is 519 g/mol. The minimum Gasteiger partial charge on any atom is -0.508 e. The Bertz CT molecular complexity index is 1000. The Labute approximate surface area is 200 Å². The number of nitrogens with one attached hydrogen (secondary N) is 1. The number of carbonyl (C=O) groups excluding carboxylic acids is 2. The van der Waals surface area contributed by atoms with Crippen molar-refractivity contribution in [1.82, 2.24) is 0 Å². The molecular weight excluding hydrogens is 494 g/mol. The minimum atomic E-state index is -1.06. The highest BCUT2D eigenvalue weighted by Crippen LogP contribution is 2.35. The quantitative estimate of drug-likeness (QED) is 0.265. The van der Waals surface area contributed by atoms with Crippen molar-refractivity contribution in [3.05, 3.63) is 70.2 Å². The van der Waals surface area contributed by atoms with E-state index in [1.165, 1.54) is 19.1 Å². The molecule has 0 saturated heterocycles. The third kappa shape index (κ3) is 8.36. The molecule has 33 heavy (non-hydrogen) atoms. The molecule has 9 heteroatoms. The number of allylic oxidation sites excluding steroid dienone is 1. The number of carboxylic acids is 1. The van der Waals surface area contributed by atoms with Crippen molar-refractivity contribution >= 4 is 39.5 Å². The second-order valence-electron chi connectivity index (χ2n) is 7.10. The Morgan fingerprint density at radius 3 is 2.45 bits per heavy atom. The normalized spacial score (nSPS) is 12.8. The van der Waals surface area contributed by atoms with Crippen LogP contribution < -0.4 is 5.32 Å². The Hall–Kier alpha value is -3.17. The summed E-state index contributed by atoms with van der Waals surface area (Å²) >= 11 is 3.36. The first-order valence-corrected chi connectivity index (χ1v) is 11.1. The molecule has 2 aromatic carbocycles. The molecule has 0 unspecified atom stereocenters. The Kier molecular flexibility index (Phi) is 10.1. The van der Waals surface area contributed by atoms with Gasteiger partial charge in [-0.3, -0.25) is 10.1 Å². The molecule has 0 radical (unpaired) electrons. The average Bonchev–Trinajstić information content (AvgIpc) is 2.76. The van der Waals surface area contributed by atoms with Crippen molar-refractivity contribution in [1.29, 1.82) is 0 Å². The van der Waals surface area contributed by atoms with E-state index in [0.29, 0.717) is 40.7 Å². The predicted octanol–water partition coefficient (Wildman–Crippen LogP) is 5.47. The van der Waals surface area contributed by atoms with Gasteiger partial charge >= 0.3 is 12.1 Å². The molecule has 2 aromatic rings. The highest BCUT2D eigenvalue weighted by Gasteiger charge is 2.30. The first-order chi connectivity index (χ1) is 15.7. The summed E-state index contributed by atoms with van der Waals surface area (Å²) in [7, 11) is 0. The lowest BCUT2D eigenvalue weighted by Crippen LogP contribution is -2.29. The fraction of sp³-hybridized carbons (Fsp3) is 0.292. The van der Waals surface area contributed by atoms with Crippen molar-refractivity contribution in [2.75, 3.05) is 11.9 Å². The van der Waals surface area contributed by atoms with Crippen molar-refractivity contribution in [2.45, 2.75) is 38.9 Å². The van der Waals surface area contributed by atoms with E-state index in [2.05, 4.69) is 21.2 Å². The first-order valence-electron chi connectivity index (χ1n) is 10.3. The number of aromatic hydroxyl groups is 1. The van der Waals surface area contributed by atoms with E-state index in [4.69, 9.17) is 14.6 Å². The van der Waals surface area contributed by atoms with Crippen LogP contribution in [0, 0.1) is 0 Å². The lowest BCUT2D eigenvalue weighted by Gasteiger charge is -2.28. The number of amides is 1. The van der Waals surface area contributed by atoms with Crippen molar-refractivity contribution in [2.24, 2.45) is 0 Å². The fourth-order valence-corrected chi connectivity index (χ4v) is 3.50. The molecule has 0 aromatic heterocycles. The average molecular weight is 520 g/mol. The molecule has 0 spiro atoms. The summed E-state index contributed by atoms with van der Waals surface area (Å²) in [4.78, 5) is 34.9. The Balaban J connectivity index is 2.26. The number of benzene rings is 2. The van der Waals surface area contributed by atoms with Crippen molar-refractivity contribution < 1.29 is 34.1 Å². The zero-order valence-electron chi connectivity index (χ0n) is 18.3. The van der Waals surface area contributed by atoms with Crippen LogP contribution >= 0.6 is 15.9 Å². The number of hydrogen-bond donors (Lipinski definition) is 3. The van der Waals surface area contributed by atoms with E-state index < -0.39 is 24.3 Å².